The first-order chi connectivity index (χ1) is 6.13. The zero-order chi connectivity index (χ0) is 9.84. The summed E-state index contributed by atoms with van der Waals surface area (Å²) in [7, 11) is 0. The third-order valence-electron chi connectivity index (χ3n) is 3.10. The van der Waals surface area contributed by atoms with E-state index in [-0.39, 0.29) is 0 Å². The number of thiol groups is 1. The Bertz CT molecular complexity index is 149. The standard InChI is InChI=1S/C11H23NS/c1-9-4-5-11(3)12(6-9)7-10(2)8-13/h9-11,13H,4-8H2,1-3H3. The second-order valence-electron chi connectivity index (χ2n) is 4.77. The first kappa shape index (κ1) is 11.4. The fraction of sp³-hybridized carbons (Fsp3) is 1.00. The van der Waals surface area contributed by atoms with Gasteiger partial charge in [-0.15, -0.1) is 0 Å². The van der Waals surface area contributed by atoms with E-state index in [4.69, 9.17) is 0 Å². The van der Waals surface area contributed by atoms with Crippen molar-refractivity contribution in [3.8, 4) is 0 Å². The van der Waals surface area contributed by atoms with Crippen molar-refractivity contribution in [3.05, 3.63) is 0 Å². The fourth-order valence-corrected chi connectivity index (χ4v) is 2.21. The number of piperidine rings is 1. The van der Waals surface area contributed by atoms with Gasteiger partial charge in [0.25, 0.3) is 0 Å². The minimum atomic E-state index is 0.732. The van der Waals surface area contributed by atoms with E-state index in [1.165, 1.54) is 25.9 Å². The molecule has 3 atom stereocenters. The molecule has 1 aliphatic heterocycles. The average Bonchev–Trinajstić information content (AvgIpc) is 2.11. The zero-order valence-corrected chi connectivity index (χ0v) is 10.1. The molecule has 1 saturated heterocycles. The fourth-order valence-electron chi connectivity index (χ4n) is 2.09. The minimum absolute atomic E-state index is 0.732. The molecule has 2 heteroatoms. The van der Waals surface area contributed by atoms with Crippen molar-refractivity contribution in [2.45, 2.75) is 39.7 Å². The van der Waals surface area contributed by atoms with E-state index in [9.17, 15) is 0 Å². The van der Waals surface area contributed by atoms with Gasteiger partial charge in [-0.05, 0) is 37.4 Å². The molecule has 1 fully saturated rings. The monoisotopic (exact) mass is 201 g/mol. The van der Waals surface area contributed by atoms with Crippen LogP contribution in [0.25, 0.3) is 0 Å². The van der Waals surface area contributed by atoms with Gasteiger partial charge in [-0.2, -0.15) is 12.6 Å². The molecule has 3 unspecified atom stereocenters. The summed E-state index contributed by atoms with van der Waals surface area (Å²) in [4.78, 5) is 2.63. The lowest BCUT2D eigenvalue weighted by Crippen LogP contribution is -2.43. The summed E-state index contributed by atoms with van der Waals surface area (Å²) < 4.78 is 0. The van der Waals surface area contributed by atoms with Crippen LogP contribution >= 0.6 is 12.6 Å². The Kier molecular flexibility index (Phi) is 4.60. The van der Waals surface area contributed by atoms with Crippen LogP contribution in [0.5, 0.6) is 0 Å². The van der Waals surface area contributed by atoms with E-state index in [0.717, 1.165) is 23.6 Å². The summed E-state index contributed by atoms with van der Waals surface area (Å²) in [5.74, 6) is 2.64. The van der Waals surface area contributed by atoms with Gasteiger partial charge in [0.2, 0.25) is 0 Å². The maximum absolute atomic E-state index is 4.34. The molecule has 1 rings (SSSR count). The molecule has 0 saturated carbocycles. The van der Waals surface area contributed by atoms with Crippen molar-refractivity contribution in [1.29, 1.82) is 0 Å². The third-order valence-corrected chi connectivity index (χ3v) is 3.73. The predicted octanol–water partition coefficient (Wildman–Crippen LogP) is 2.67. The highest BCUT2D eigenvalue weighted by Crippen LogP contribution is 2.22. The molecule has 0 aromatic carbocycles. The lowest BCUT2D eigenvalue weighted by molar-refractivity contribution is 0.112. The SMILES string of the molecule is CC(CS)CN1CC(C)CCC1C. The van der Waals surface area contributed by atoms with Gasteiger partial charge in [0.1, 0.15) is 0 Å². The number of nitrogens with zero attached hydrogens (tertiary/aromatic N) is 1. The van der Waals surface area contributed by atoms with Crippen LogP contribution in [0.15, 0.2) is 0 Å². The molecule has 1 aliphatic rings. The van der Waals surface area contributed by atoms with Crippen LogP contribution in [-0.4, -0.2) is 29.8 Å². The van der Waals surface area contributed by atoms with E-state index >= 15 is 0 Å². The van der Waals surface area contributed by atoms with Crippen molar-refractivity contribution < 1.29 is 0 Å². The van der Waals surface area contributed by atoms with E-state index < -0.39 is 0 Å². The van der Waals surface area contributed by atoms with E-state index in [2.05, 4.69) is 38.3 Å². The molecule has 0 spiro atoms. The van der Waals surface area contributed by atoms with Gasteiger partial charge in [0.15, 0.2) is 0 Å². The van der Waals surface area contributed by atoms with E-state index in [1.807, 2.05) is 0 Å². The molecule has 0 amide bonds. The first-order valence-electron chi connectivity index (χ1n) is 5.48. The van der Waals surface area contributed by atoms with Gasteiger partial charge in [0.05, 0.1) is 0 Å². The third kappa shape index (κ3) is 3.51. The largest absolute Gasteiger partial charge is 0.300 e. The summed E-state index contributed by atoms with van der Waals surface area (Å²) in [6.45, 7) is 9.54. The first-order valence-corrected chi connectivity index (χ1v) is 6.11. The highest BCUT2D eigenvalue weighted by Gasteiger charge is 2.23. The normalized spacial score (nSPS) is 33.2. The average molecular weight is 201 g/mol. The highest BCUT2D eigenvalue weighted by atomic mass is 32.1. The number of hydrogen-bond acceptors (Lipinski definition) is 2. The minimum Gasteiger partial charge on any atom is -0.300 e. The van der Waals surface area contributed by atoms with E-state index in [1.54, 1.807) is 0 Å². The van der Waals surface area contributed by atoms with Gasteiger partial charge in [0, 0.05) is 19.1 Å². The molecule has 0 radical (unpaired) electrons. The Morgan fingerprint density at radius 3 is 2.69 bits per heavy atom. The maximum atomic E-state index is 4.34. The van der Waals surface area contributed by atoms with Crippen LogP contribution in [-0.2, 0) is 0 Å². The molecular weight excluding hydrogens is 178 g/mol. The topological polar surface area (TPSA) is 3.24 Å². The summed E-state index contributed by atoms with van der Waals surface area (Å²) in [5.41, 5.74) is 0. The van der Waals surface area contributed by atoms with Crippen molar-refractivity contribution in [3.63, 3.8) is 0 Å². The Balaban J connectivity index is 2.37. The van der Waals surface area contributed by atoms with Crippen LogP contribution in [0.1, 0.15) is 33.6 Å². The molecule has 0 aromatic rings. The second-order valence-corrected chi connectivity index (χ2v) is 5.14. The molecule has 1 heterocycles. The number of likely N-dealkylation sites (tertiary alicyclic amines) is 1. The Morgan fingerprint density at radius 2 is 2.08 bits per heavy atom. The molecule has 0 aliphatic carbocycles. The molecule has 13 heavy (non-hydrogen) atoms. The smallest absolute Gasteiger partial charge is 0.00672 e. The van der Waals surface area contributed by atoms with Crippen LogP contribution in [0.2, 0.25) is 0 Å². The lowest BCUT2D eigenvalue weighted by Gasteiger charge is -2.38. The summed E-state index contributed by atoms with van der Waals surface area (Å²) in [5, 5.41) is 0. The van der Waals surface area contributed by atoms with Crippen LogP contribution in [0.4, 0.5) is 0 Å². The molecule has 0 aromatic heterocycles. The highest BCUT2D eigenvalue weighted by molar-refractivity contribution is 7.80. The molecule has 78 valence electrons. The van der Waals surface area contributed by atoms with Gasteiger partial charge in [-0.25, -0.2) is 0 Å². The Hall–Kier alpha value is 0.310. The predicted molar refractivity (Wildman–Crippen MR) is 62.5 cm³/mol. The molecule has 1 nitrogen and oxygen atoms in total. The zero-order valence-electron chi connectivity index (χ0n) is 9.16. The Labute approximate surface area is 88.3 Å². The van der Waals surface area contributed by atoms with Gasteiger partial charge < -0.3 is 4.90 Å². The van der Waals surface area contributed by atoms with E-state index in [0.29, 0.717) is 0 Å². The summed E-state index contributed by atoms with van der Waals surface area (Å²) in [6.07, 6.45) is 2.79. The van der Waals surface area contributed by atoms with Crippen molar-refractivity contribution in [2.24, 2.45) is 11.8 Å². The Morgan fingerprint density at radius 1 is 1.38 bits per heavy atom. The van der Waals surface area contributed by atoms with Gasteiger partial charge >= 0.3 is 0 Å². The number of rotatable bonds is 3. The summed E-state index contributed by atoms with van der Waals surface area (Å²) >= 11 is 4.34. The molecule has 0 bridgehead atoms. The molecular formula is C11H23NS. The summed E-state index contributed by atoms with van der Waals surface area (Å²) in [6, 6.07) is 0.790. The van der Waals surface area contributed by atoms with Gasteiger partial charge in [-0.3, -0.25) is 0 Å². The van der Waals surface area contributed by atoms with Crippen molar-refractivity contribution in [1.82, 2.24) is 4.90 Å². The van der Waals surface area contributed by atoms with Crippen molar-refractivity contribution in [2.75, 3.05) is 18.8 Å². The lowest BCUT2D eigenvalue weighted by atomic mass is 9.94. The second kappa shape index (κ2) is 5.26. The van der Waals surface area contributed by atoms with Crippen LogP contribution in [0.3, 0.4) is 0 Å². The van der Waals surface area contributed by atoms with Gasteiger partial charge in [-0.1, -0.05) is 13.8 Å². The number of hydrogen-bond donors (Lipinski definition) is 1. The van der Waals surface area contributed by atoms with Crippen LogP contribution in [0, 0.1) is 11.8 Å². The molecule has 0 N–H and O–H groups in total. The quantitative estimate of drug-likeness (QED) is 0.687. The maximum Gasteiger partial charge on any atom is 0.00672 e. The van der Waals surface area contributed by atoms with Crippen LogP contribution < -0.4 is 0 Å². The van der Waals surface area contributed by atoms with Crippen molar-refractivity contribution >= 4 is 12.6 Å².